The van der Waals surface area contributed by atoms with Crippen LogP contribution in [-0.4, -0.2) is 12.6 Å². The molecule has 12 heavy (non-hydrogen) atoms. The predicted molar refractivity (Wildman–Crippen MR) is 49.8 cm³/mol. The first-order valence-corrected chi connectivity index (χ1v) is 4.25. The molecular weight excluding hydrogens is 152 g/mol. The van der Waals surface area contributed by atoms with Crippen LogP contribution >= 0.6 is 0 Å². The summed E-state index contributed by atoms with van der Waals surface area (Å²) < 4.78 is 4.70. The van der Waals surface area contributed by atoms with Gasteiger partial charge in [-0.2, -0.15) is 0 Å². The molecular formula is C10H16O2. The second kappa shape index (κ2) is 8.05. The summed E-state index contributed by atoms with van der Waals surface area (Å²) in [5.74, 6) is -0.254. The van der Waals surface area contributed by atoms with E-state index < -0.39 is 0 Å². The second-order valence-electron chi connectivity index (χ2n) is 2.37. The van der Waals surface area contributed by atoms with Gasteiger partial charge in [0.2, 0.25) is 0 Å². The van der Waals surface area contributed by atoms with Crippen molar-refractivity contribution in [3.05, 3.63) is 24.8 Å². The first kappa shape index (κ1) is 11.0. The number of hydrogen-bond donors (Lipinski definition) is 0. The van der Waals surface area contributed by atoms with Crippen molar-refractivity contribution in [3.8, 4) is 0 Å². The third kappa shape index (κ3) is 7.06. The fourth-order valence-electron chi connectivity index (χ4n) is 0.750. The van der Waals surface area contributed by atoms with E-state index in [2.05, 4.69) is 6.58 Å². The van der Waals surface area contributed by atoms with E-state index in [1.54, 1.807) is 6.92 Å². The lowest BCUT2D eigenvalue weighted by molar-refractivity contribution is -0.137. The quantitative estimate of drug-likeness (QED) is 0.263. The zero-order valence-electron chi connectivity index (χ0n) is 7.58. The minimum absolute atomic E-state index is 0.254. The number of hydrogen-bond acceptors (Lipinski definition) is 2. The number of allylic oxidation sites excluding steroid dienone is 2. The summed E-state index contributed by atoms with van der Waals surface area (Å²) in [7, 11) is 0. The van der Waals surface area contributed by atoms with Crippen LogP contribution in [-0.2, 0) is 9.53 Å². The van der Waals surface area contributed by atoms with Crippen LogP contribution in [0.5, 0.6) is 0 Å². The third-order valence-corrected chi connectivity index (χ3v) is 1.32. The van der Waals surface area contributed by atoms with Gasteiger partial charge in [0.25, 0.3) is 0 Å². The Morgan fingerprint density at radius 2 is 2.25 bits per heavy atom. The van der Waals surface area contributed by atoms with E-state index in [4.69, 9.17) is 4.74 Å². The molecule has 0 unspecified atom stereocenters. The molecule has 0 aliphatic heterocycles. The van der Waals surface area contributed by atoms with E-state index in [1.165, 1.54) is 6.08 Å². The Kier molecular flexibility index (Phi) is 7.35. The number of ether oxygens (including phenoxy) is 1. The van der Waals surface area contributed by atoms with Crippen molar-refractivity contribution in [1.29, 1.82) is 0 Å². The fourth-order valence-corrected chi connectivity index (χ4v) is 0.750. The van der Waals surface area contributed by atoms with Crippen LogP contribution in [0.1, 0.15) is 26.2 Å². The lowest BCUT2D eigenvalue weighted by atomic mass is 10.2. The molecule has 0 aliphatic rings. The number of esters is 1. The number of carbonyl (C=O) groups is 1. The predicted octanol–water partition coefficient (Wildman–Crippen LogP) is 2.46. The van der Waals surface area contributed by atoms with Crippen LogP contribution in [0.25, 0.3) is 0 Å². The zero-order chi connectivity index (χ0) is 9.23. The van der Waals surface area contributed by atoms with Gasteiger partial charge in [-0.25, -0.2) is 4.79 Å². The van der Waals surface area contributed by atoms with Crippen LogP contribution in [0.15, 0.2) is 24.8 Å². The van der Waals surface area contributed by atoms with Gasteiger partial charge in [0.15, 0.2) is 0 Å². The first-order valence-electron chi connectivity index (χ1n) is 4.25. The highest BCUT2D eigenvalue weighted by atomic mass is 16.5. The normalized spacial score (nSPS) is 10.1. The molecule has 0 bridgehead atoms. The maximum Gasteiger partial charge on any atom is 0.330 e. The highest BCUT2D eigenvalue weighted by Gasteiger charge is 1.91. The molecule has 2 heteroatoms. The summed E-state index contributed by atoms with van der Waals surface area (Å²) in [6.07, 6.45) is 8.13. The lowest BCUT2D eigenvalue weighted by Crippen LogP contribution is -1.98. The standard InChI is InChI=1S/C10H16O2/c1-3-5-6-7-8-9-10(11)12-4-2/h3,8-9H,1,4-7H2,2H3/b9-8+. The summed E-state index contributed by atoms with van der Waals surface area (Å²) in [6.45, 7) is 5.84. The maximum atomic E-state index is 10.7. The summed E-state index contributed by atoms with van der Waals surface area (Å²) in [4.78, 5) is 10.7. The minimum atomic E-state index is -0.254. The largest absolute Gasteiger partial charge is 0.463 e. The Labute approximate surface area is 73.9 Å². The summed E-state index contributed by atoms with van der Waals surface area (Å²) >= 11 is 0. The van der Waals surface area contributed by atoms with E-state index in [0.717, 1.165) is 19.3 Å². The molecule has 0 spiro atoms. The van der Waals surface area contributed by atoms with Gasteiger partial charge in [-0.15, -0.1) is 6.58 Å². The molecule has 0 atom stereocenters. The molecule has 0 aromatic heterocycles. The van der Waals surface area contributed by atoms with Gasteiger partial charge < -0.3 is 4.74 Å². The molecule has 0 N–H and O–H groups in total. The Morgan fingerprint density at radius 3 is 2.83 bits per heavy atom. The minimum Gasteiger partial charge on any atom is -0.463 e. The van der Waals surface area contributed by atoms with E-state index >= 15 is 0 Å². The zero-order valence-corrected chi connectivity index (χ0v) is 7.58. The van der Waals surface area contributed by atoms with Crippen LogP contribution in [0.2, 0.25) is 0 Å². The average Bonchev–Trinajstić information content (AvgIpc) is 2.05. The summed E-state index contributed by atoms with van der Waals surface area (Å²) in [6, 6.07) is 0. The maximum absolute atomic E-state index is 10.7. The van der Waals surface area contributed by atoms with Crippen LogP contribution in [0, 0.1) is 0 Å². The molecule has 0 fully saturated rings. The smallest absolute Gasteiger partial charge is 0.330 e. The molecule has 0 aliphatic carbocycles. The molecule has 0 amide bonds. The van der Waals surface area contributed by atoms with E-state index in [-0.39, 0.29) is 5.97 Å². The van der Waals surface area contributed by atoms with Crippen LogP contribution in [0.3, 0.4) is 0 Å². The van der Waals surface area contributed by atoms with Crippen molar-refractivity contribution in [2.45, 2.75) is 26.2 Å². The van der Waals surface area contributed by atoms with E-state index in [9.17, 15) is 4.79 Å². The van der Waals surface area contributed by atoms with Gasteiger partial charge in [-0.1, -0.05) is 12.2 Å². The molecule has 0 saturated carbocycles. The molecule has 0 radical (unpaired) electrons. The Bertz CT molecular complexity index is 159. The number of rotatable bonds is 6. The Balaban J connectivity index is 3.34. The topological polar surface area (TPSA) is 26.3 Å². The van der Waals surface area contributed by atoms with Gasteiger partial charge in [0.05, 0.1) is 6.61 Å². The SMILES string of the molecule is C=CCCC/C=C/C(=O)OCC. The average molecular weight is 168 g/mol. The number of carbonyl (C=O) groups excluding carboxylic acids is 1. The van der Waals surface area contributed by atoms with Crippen molar-refractivity contribution >= 4 is 5.97 Å². The summed E-state index contributed by atoms with van der Waals surface area (Å²) in [5, 5.41) is 0. The van der Waals surface area contributed by atoms with Gasteiger partial charge >= 0.3 is 5.97 Å². The molecule has 68 valence electrons. The van der Waals surface area contributed by atoms with Gasteiger partial charge in [0.1, 0.15) is 0 Å². The van der Waals surface area contributed by atoms with Crippen LogP contribution in [0.4, 0.5) is 0 Å². The molecule has 0 aromatic rings. The molecule has 0 rings (SSSR count). The second-order valence-corrected chi connectivity index (χ2v) is 2.37. The first-order chi connectivity index (χ1) is 5.81. The highest BCUT2D eigenvalue weighted by molar-refractivity contribution is 5.81. The van der Waals surface area contributed by atoms with Gasteiger partial charge in [0, 0.05) is 6.08 Å². The lowest BCUT2D eigenvalue weighted by Gasteiger charge is -1.94. The monoisotopic (exact) mass is 168 g/mol. The van der Waals surface area contributed by atoms with Crippen molar-refractivity contribution in [2.24, 2.45) is 0 Å². The third-order valence-electron chi connectivity index (χ3n) is 1.32. The highest BCUT2D eigenvalue weighted by Crippen LogP contribution is 1.96. The van der Waals surface area contributed by atoms with Crippen molar-refractivity contribution in [1.82, 2.24) is 0 Å². The van der Waals surface area contributed by atoms with E-state index in [0.29, 0.717) is 6.61 Å². The van der Waals surface area contributed by atoms with Crippen LogP contribution < -0.4 is 0 Å². The van der Waals surface area contributed by atoms with Crippen molar-refractivity contribution < 1.29 is 9.53 Å². The van der Waals surface area contributed by atoms with Gasteiger partial charge in [-0.05, 0) is 26.2 Å². The molecule has 0 saturated heterocycles. The molecule has 2 nitrogen and oxygen atoms in total. The summed E-state index contributed by atoms with van der Waals surface area (Å²) in [5.41, 5.74) is 0. The Hall–Kier alpha value is -1.05. The fraction of sp³-hybridized carbons (Fsp3) is 0.500. The number of unbranched alkanes of at least 4 members (excludes halogenated alkanes) is 2. The molecule has 0 heterocycles. The Morgan fingerprint density at radius 1 is 1.50 bits per heavy atom. The van der Waals surface area contributed by atoms with Gasteiger partial charge in [-0.3, -0.25) is 0 Å². The molecule has 0 aromatic carbocycles. The van der Waals surface area contributed by atoms with E-state index in [1.807, 2.05) is 12.2 Å². The van der Waals surface area contributed by atoms with Crippen molar-refractivity contribution in [2.75, 3.05) is 6.61 Å². The van der Waals surface area contributed by atoms with Crippen molar-refractivity contribution in [3.63, 3.8) is 0 Å².